The molecule has 3 rings (SSSR count). The second-order valence-electron chi connectivity index (χ2n) is 3.90. The number of hydrogen-bond acceptors (Lipinski definition) is 4. The Balaban J connectivity index is 2.19. The van der Waals surface area contributed by atoms with Crippen molar-refractivity contribution >= 4 is 21.6 Å². The van der Waals surface area contributed by atoms with Crippen molar-refractivity contribution < 1.29 is 9.13 Å². The van der Waals surface area contributed by atoms with E-state index in [1.165, 1.54) is 30.8 Å². The van der Waals surface area contributed by atoms with E-state index in [2.05, 4.69) is 9.97 Å². The normalized spacial score (nSPS) is 10.8. The maximum atomic E-state index is 14.0. The lowest BCUT2D eigenvalue weighted by Gasteiger charge is -2.03. The van der Waals surface area contributed by atoms with Crippen LogP contribution in [0.5, 0.6) is 5.75 Å². The third-order valence-corrected chi connectivity index (χ3v) is 3.92. The van der Waals surface area contributed by atoms with Crippen LogP contribution in [0.25, 0.3) is 20.7 Å². The van der Waals surface area contributed by atoms with Gasteiger partial charge in [-0.15, -0.1) is 11.3 Å². The van der Waals surface area contributed by atoms with Crippen LogP contribution in [0.15, 0.2) is 35.4 Å². The van der Waals surface area contributed by atoms with Gasteiger partial charge in [0.2, 0.25) is 0 Å². The fourth-order valence-corrected chi connectivity index (χ4v) is 2.86. The van der Waals surface area contributed by atoms with E-state index < -0.39 is 0 Å². The van der Waals surface area contributed by atoms with Gasteiger partial charge in [-0.05, 0) is 18.2 Å². The van der Waals surface area contributed by atoms with Crippen molar-refractivity contribution in [1.82, 2.24) is 9.97 Å². The molecular formula is C13H9FN2O2S. The largest absolute Gasteiger partial charge is 0.497 e. The zero-order valence-corrected chi connectivity index (χ0v) is 10.8. The molecule has 4 nitrogen and oxygen atoms in total. The summed E-state index contributed by atoms with van der Waals surface area (Å²) in [4.78, 5) is 18.8. The van der Waals surface area contributed by atoms with Crippen LogP contribution in [-0.2, 0) is 0 Å². The molecular weight excluding hydrogens is 267 g/mol. The molecule has 19 heavy (non-hydrogen) atoms. The summed E-state index contributed by atoms with van der Waals surface area (Å²) in [5, 5.41) is 0. The van der Waals surface area contributed by atoms with Crippen molar-refractivity contribution in [3.8, 4) is 16.2 Å². The quantitative estimate of drug-likeness (QED) is 0.783. The van der Waals surface area contributed by atoms with Crippen LogP contribution in [0, 0.1) is 5.82 Å². The maximum Gasteiger partial charge on any atom is 0.268 e. The average molecular weight is 276 g/mol. The minimum atomic E-state index is -0.387. The SMILES string of the molecule is COc1ccc(-c2cc3nc[nH]c(=O)c3s2)c(F)c1. The number of methoxy groups -OCH3 is 1. The number of halogens is 1. The van der Waals surface area contributed by atoms with Crippen molar-refractivity contribution in [1.29, 1.82) is 0 Å². The van der Waals surface area contributed by atoms with Crippen molar-refractivity contribution in [3.63, 3.8) is 0 Å². The molecule has 0 bridgehead atoms. The van der Waals surface area contributed by atoms with Gasteiger partial charge in [0.15, 0.2) is 0 Å². The molecule has 1 aromatic carbocycles. The zero-order valence-electron chi connectivity index (χ0n) is 9.94. The number of H-pyrrole nitrogens is 1. The molecule has 3 aromatic rings. The molecule has 6 heteroatoms. The third kappa shape index (κ3) is 2.00. The van der Waals surface area contributed by atoms with Crippen molar-refractivity contribution in [3.05, 3.63) is 46.8 Å². The molecule has 96 valence electrons. The monoisotopic (exact) mass is 276 g/mol. The third-order valence-electron chi connectivity index (χ3n) is 2.76. The molecule has 0 spiro atoms. The topological polar surface area (TPSA) is 55.0 Å². The molecule has 0 aliphatic carbocycles. The van der Waals surface area contributed by atoms with E-state index in [-0.39, 0.29) is 11.4 Å². The van der Waals surface area contributed by atoms with Crippen LogP contribution >= 0.6 is 11.3 Å². The highest BCUT2D eigenvalue weighted by atomic mass is 32.1. The first-order valence-electron chi connectivity index (χ1n) is 5.50. The Labute approximate surface area is 111 Å². The van der Waals surface area contributed by atoms with Gasteiger partial charge in [-0.25, -0.2) is 9.37 Å². The van der Waals surface area contributed by atoms with Crippen molar-refractivity contribution in [2.75, 3.05) is 7.11 Å². The lowest BCUT2D eigenvalue weighted by Crippen LogP contribution is -2.02. The Bertz CT molecular complexity index is 810. The summed E-state index contributed by atoms with van der Waals surface area (Å²) in [6, 6.07) is 6.34. The summed E-state index contributed by atoms with van der Waals surface area (Å²) in [5.41, 5.74) is 0.789. The zero-order chi connectivity index (χ0) is 13.4. The van der Waals surface area contributed by atoms with E-state index in [1.54, 1.807) is 18.2 Å². The second kappa shape index (κ2) is 4.47. The number of benzene rings is 1. The number of nitrogens with zero attached hydrogens (tertiary/aromatic N) is 1. The highest BCUT2D eigenvalue weighted by Gasteiger charge is 2.12. The standard InChI is InChI=1S/C13H9FN2O2S/c1-18-7-2-3-8(9(14)4-7)11-5-10-12(19-11)13(17)16-6-15-10/h2-6H,1H3,(H,15,16,17). The Kier molecular flexibility index (Phi) is 2.79. The smallest absolute Gasteiger partial charge is 0.268 e. The van der Waals surface area contributed by atoms with Gasteiger partial charge in [-0.1, -0.05) is 0 Å². The molecule has 2 aromatic heterocycles. The first-order valence-corrected chi connectivity index (χ1v) is 6.32. The lowest BCUT2D eigenvalue weighted by molar-refractivity contribution is 0.411. The van der Waals surface area contributed by atoms with Gasteiger partial charge in [-0.2, -0.15) is 0 Å². The number of rotatable bonds is 2. The van der Waals surface area contributed by atoms with Gasteiger partial charge >= 0.3 is 0 Å². The Morgan fingerprint density at radius 2 is 2.21 bits per heavy atom. The molecule has 1 N–H and O–H groups in total. The molecule has 0 unspecified atom stereocenters. The van der Waals surface area contributed by atoms with E-state index in [9.17, 15) is 9.18 Å². The van der Waals surface area contributed by atoms with Crippen molar-refractivity contribution in [2.24, 2.45) is 0 Å². The van der Waals surface area contributed by atoms with Crippen LogP contribution in [-0.4, -0.2) is 17.1 Å². The van der Waals surface area contributed by atoms with Gasteiger partial charge in [0.1, 0.15) is 16.3 Å². The van der Waals surface area contributed by atoms with Gasteiger partial charge in [0.05, 0.1) is 19.0 Å². The van der Waals surface area contributed by atoms with Crippen LogP contribution in [0.4, 0.5) is 4.39 Å². The van der Waals surface area contributed by atoms with E-state index >= 15 is 0 Å². The van der Waals surface area contributed by atoms with Gasteiger partial charge in [0, 0.05) is 16.5 Å². The Morgan fingerprint density at radius 1 is 1.37 bits per heavy atom. The first-order chi connectivity index (χ1) is 9.19. The fourth-order valence-electron chi connectivity index (χ4n) is 1.82. The number of nitrogens with one attached hydrogen (secondary N) is 1. The number of thiophene rings is 1. The van der Waals surface area contributed by atoms with Crippen LogP contribution in [0.2, 0.25) is 0 Å². The molecule has 0 amide bonds. The summed E-state index contributed by atoms with van der Waals surface area (Å²) in [7, 11) is 1.48. The molecule has 0 aliphatic heterocycles. The molecule has 0 aliphatic rings. The van der Waals surface area contributed by atoms with E-state index in [1.807, 2.05) is 0 Å². The van der Waals surface area contributed by atoms with Crippen LogP contribution in [0.1, 0.15) is 0 Å². The summed E-state index contributed by atoms with van der Waals surface area (Å²) < 4.78 is 19.4. The average Bonchev–Trinajstić information content (AvgIpc) is 2.83. The second-order valence-corrected chi connectivity index (χ2v) is 4.95. The number of aromatic amines is 1. The van der Waals surface area contributed by atoms with Crippen LogP contribution < -0.4 is 10.3 Å². The summed E-state index contributed by atoms with van der Waals surface area (Å²) in [5.74, 6) is 0.0701. The van der Waals surface area contributed by atoms with Crippen LogP contribution in [0.3, 0.4) is 0 Å². The highest BCUT2D eigenvalue weighted by Crippen LogP contribution is 2.33. The Hall–Kier alpha value is -2.21. The molecule has 0 atom stereocenters. The van der Waals surface area contributed by atoms with E-state index in [0.717, 1.165) is 0 Å². The maximum absolute atomic E-state index is 14.0. The predicted octanol–water partition coefficient (Wildman–Crippen LogP) is 2.80. The Morgan fingerprint density at radius 3 is 2.89 bits per heavy atom. The minimum Gasteiger partial charge on any atom is -0.497 e. The first kappa shape index (κ1) is 11.9. The number of fused-ring (bicyclic) bond motifs is 1. The molecule has 0 saturated heterocycles. The van der Waals surface area contributed by atoms with E-state index in [4.69, 9.17) is 4.74 Å². The fraction of sp³-hybridized carbons (Fsp3) is 0.0769. The number of ether oxygens (including phenoxy) is 1. The van der Waals surface area contributed by atoms with Gasteiger partial charge in [-0.3, -0.25) is 4.79 Å². The van der Waals surface area contributed by atoms with E-state index in [0.29, 0.717) is 26.4 Å². The predicted molar refractivity (Wildman–Crippen MR) is 72.2 cm³/mol. The summed E-state index contributed by atoms with van der Waals surface area (Å²) in [6.07, 6.45) is 1.34. The molecule has 0 radical (unpaired) electrons. The molecule has 2 heterocycles. The summed E-state index contributed by atoms with van der Waals surface area (Å²) >= 11 is 1.22. The number of aromatic nitrogens is 2. The molecule has 0 saturated carbocycles. The van der Waals surface area contributed by atoms with Gasteiger partial charge in [0.25, 0.3) is 5.56 Å². The lowest BCUT2D eigenvalue weighted by atomic mass is 10.1. The highest BCUT2D eigenvalue weighted by molar-refractivity contribution is 7.22. The van der Waals surface area contributed by atoms with Gasteiger partial charge < -0.3 is 9.72 Å². The minimum absolute atomic E-state index is 0.213. The number of hydrogen-bond donors (Lipinski definition) is 1. The molecule has 0 fully saturated rings. The summed E-state index contributed by atoms with van der Waals surface area (Å²) in [6.45, 7) is 0. The van der Waals surface area contributed by atoms with Crippen molar-refractivity contribution in [2.45, 2.75) is 0 Å².